The monoisotopic (exact) mass is 1010 g/mol. The SMILES string of the molecule is CCCCCCCC/C=C\CCCCCCCC(=O)OC(COC(=O)CCCCCCCCCCCCCCCCCCCCCCCCCCCCCCCCC)COP(=O)([O-])OCC[N+](C)(C)C. The van der Waals surface area contributed by atoms with Crippen molar-refractivity contribution in [1.82, 2.24) is 0 Å². The first kappa shape index (κ1) is 68.8. The zero-order chi connectivity index (χ0) is 51.3. The summed E-state index contributed by atoms with van der Waals surface area (Å²) in [5.74, 6) is -0.826. The van der Waals surface area contributed by atoms with Gasteiger partial charge in [-0.15, -0.1) is 0 Å². The summed E-state index contributed by atoms with van der Waals surface area (Å²) in [6, 6.07) is 0. The quantitative estimate of drug-likeness (QED) is 0.0195. The molecule has 0 aromatic heterocycles. The highest BCUT2D eigenvalue weighted by Gasteiger charge is 2.22. The summed E-state index contributed by atoms with van der Waals surface area (Å²) >= 11 is 0. The van der Waals surface area contributed by atoms with Gasteiger partial charge < -0.3 is 27.9 Å². The predicted molar refractivity (Wildman–Crippen MR) is 296 cm³/mol. The van der Waals surface area contributed by atoms with E-state index in [4.69, 9.17) is 18.5 Å². The van der Waals surface area contributed by atoms with Crippen molar-refractivity contribution in [3.63, 3.8) is 0 Å². The minimum atomic E-state index is -4.63. The first-order valence-corrected chi connectivity index (χ1v) is 31.9. The third-order valence-electron chi connectivity index (χ3n) is 13.8. The molecule has 0 saturated heterocycles. The van der Waals surface area contributed by atoms with Crippen LogP contribution in [0.15, 0.2) is 12.2 Å². The number of esters is 2. The molecule has 0 aliphatic rings. The molecule has 2 atom stereocenters. The number of hydrogen-bond donors (Lipinski definition) is 0. The van der Waals surface area contributed by atoms with Gasteiger partial charge in [0.2, 0.25) is 0 Å². The summed E-state index contributed by atoms with van der Waals surface area (Å²) in [4.78, 5) is 37.8. The summed E-state index contributed by atoms with van der Waals surface area (Å²) in [5, 5.41) is 0. The lowest BCUT2D eigenvalue weighted by atomic mass is 10.0. The molecule has 10 heteroatoms. The van der Waals surface area contributed by atoms with Crippen molar-refractivity contribution < 1.29 is 42.1 Å². The number of rotatable bonds is 57. The number of nitrogens with zero attached hydrogens (tertiary/aromatic N) is 1. The molecule has 0 bridgehead atoms. The van der Waals surface area contributed by atoms with E-state index in [0.717, 1.165) is 51.4 Å². The lowest BCUT2D eigenvalue weighted by molar-refractivity contribution is -0.870. The molecule has 0 N–H and O–H groups in total. The molecule has 0 radical (unpaired) electrons. The van der Waals surface area contributed by atoms with E-state index in [2.05, 4.69) is 26.0 Å². The smallest absolute Gasteiger partial charge is 0.306 e. The summed E-state index contributed by atoms with van der Waals surface area (Å²) in [6.45, 7) is 4.28. The average Bonchev–Trinajstić information content (AvgIpc) is 3.32. The molecule has 0 saturated carbocycles. The van der Waals surface area contributed by atoms with Crippen LogP contribution in [0.25, 0.3) is 0 Å². The topological polar surface area (TPSA) is 111 Å². The predicted octanol–water partition coefficient (Wildman–Crippen LogP) is 18.2. The van der Waals surface area contributed by atoms with E-state index < -0.39 is 26.5 Å². The molecule has 0 fully saturated rings. The van der Waals surface area contributed by atoms with Crippen molar-refractivity contribution in [3.05, 3.63) is 12.2 Å². The molecule has 2 unspecified atom stereocenters. The van der Waals surface area contributed by atoms with Gasteiger partial charge in [0.15, 0.2) is 6.10 Å². The third kappa shape index (κ3) is 56.1. The molecule has 416 valence electrons. The van der Waals surface area contributed by atoms with Crippen LogP contribution in [0.4, 0.5) is 0 Å². The largest absolute Gasteiger partial charge is 0.756 e. The Bertz CT molecular complexity index is 1190. The summed E-state index contributed by atoms with van der Waals surface area (Å²) in [5.41, 5.74) is 0. The summed E-state index contributed by atoms with van der Waals surface area (Å²) in [6.07, 6.45) is 61.4. The minimum Gasteiger partial charge on any atom is -0.756 e. The number of quaternary nitrogens is 1. The number of allylic oxidation sites excluding steroid dienone is 2. The van der Waals surface area contributed by atoms with Crippen LogP contribution in [-0.2, 0) is 32.7 Å². The van der Waals surface area contributed by atoms with Gasteiger partial charge in [0.25, 0.3) is 7.82 Å². The van der Waals surface area contributed by atoms with Gasteiger partial charge in [0.05, 0.1) is 27.7 Å². The van der Waals surface area contributed by atoms with Crippen molar-refractivity contribution in [3.8, 4) is 0 Å². The Morgan fingerprint density at radius 1 is 0.429 bits per heavy atom. The van der Waals surface area contributed by atoms with Crippen molar-refractivity contribution in [1.29, 1.82) is 0 Å². The maximum atomic E-state index is 12.7. The Hall–Kier alpha value is -1.25. The van der Waals surface area contributed by atoms with E-state index in [1.54, 1.807) is 0 Å². The number of unbranched alkanes of at least 4 members (excludes halogenated alkanes) is 41. The van der Waals surface area contributed by atoms with Gasteiger partial charge in [-0.25, -0.2) is 0 Å². The number of ether oxygens (including phenoxy) is 2. The lowest BCUT2D eigenvalue weighted by Gasteiger charge is -2.28. The molecular weight excluding hydrogens is 894 g/mol. The van der Waals surface area contributed by atoms with Crippen LogP contribution in [0.3, 0.4) is 0 Å². The fourth-order valence-corrected chi connectivity index (χ4v) is 9.80. The Morgan fingerprint density at radius 2 is 0.729 bits per heavy atom. The van der Waals surface area contributed by atoms with Crippen molar-refractivity contribution in [2.75, 3.05) is 47.5 Å². The van der Waals surface area contributed by atoms with Gasteiger partial charge in [0, 0.05) is 12.8 Å². The van der Waals surface area contributed by atoms with Crippen LogP contribution < -0.4 is 4.89 Å². The summed E-state index contributed by atoms with van der Waals surface area (Å²) in [7, 11) is 1.18. The van der Waals surface area contributed by atoms with Gasteiger partial charge in [-0.2, -0.15) is 0 Å². The number of phosphoric acid groups is 1. The molecule has 0 aliphatic heterocycles. The zero-order valence-corrected chi connectivity index (χ0v) is 48.1. The molecule has 0 aromatic rings. The van der Waals surface area contributed by atoms with Crippen molar-refractivity contribution in [2.24, 2.45) is 0 Å². The van der Waals surface area contributed by atoms with Crippen molar-refractivity contribution in [2.45, 2.75) is 315 Å². The molecule has 0 spiro atoms. The fourth-order valence-electron chi connectivity index (χ4n) is 9.07. The minimum absolute atomic E-state index is 0.0289. The Morgan fingerprint density at radius 3 is 1.06 bits per heavy atom. The van der Waals surface area contributed by atoms with E-state index in [-0.39, 0.29) is 32.0 Å². The van der Waals surface area contributed by atoms with Crippen LogP contribution in [0.1, 0.15) is 309 Å². The second-order valence-corrected chi connectivity index (χ2v) is 23.5. The standard InChI is InChI=1S/C60H118NO8P/c1-6-8-10-12-14-16-18-20-22-23-24-25-26-27-28-29-30-31-32-33-34-35-36-37-39-40-42-44-46-48-50-52-59(62)66-56-58(57-68-70(64,65)67-55-54-61(3,4)5)69-60(63)53-51-49-47-45-43-41-38-21-19-17-15-13-11-9-7-2/h21,38,58H,6-20,22-37,39-57H2,1-5H3/b38-21-. The lowest BCUT2D eigenvalue weighted by Crippen LogP contribution is -2.37. The second-order valence-electron chi connectivity index (χ2n) is 22.1. The van der Waals surface area contributed by atoms with Crippen LogP contribution in [0.2, 0.25) is 0 Å². The maximum Gasteiger partial charge on any atom is 0.306 e. The van der Waals surface area contributed by atoms with Crippen LogP contribution in [-0.4, -0.2) is 70.0 Å². The first-order chi connectivity index (χ1) is 34.0. The molecule has 0 aliphatic carbocycles. The van der Waals surface area contributed by atoms with Gasteiger partial charge in [0.1, 0.15) is 19.8 Å². The van der Waals surface area contributed by atoms with E-state index in [9.17, 15) is 19.0 Å². The van der Waals surface area contributed by atoms with Gasteiger partial charge in [-0.05, 0) is 38.5 Å². The summed E-state index contributed by atoms with van der Waals surface area (Å²) < 4.78 is 34.1. The number of carbonyl (C=O) groups excluding carboxylic acids is 2. The molecule has 0 amide bonds. The highest BCUT2D eigenvalue weighted by Crippen LogP contribution is 2.38. The Labute approximate surface area is 435 Å². The number of likely N-dealkylation sites (N-methyl/N-ethyl adjacent to an activating group) is 1. The normalized spacial score (nSPS) is 13.3. The molecule has 9 nitrogen and oxygen atoms in total. The van der Waals surface area contributed by atoms with Crippen molar-refractivity contribution >= 4 is 19.8 Å². The van der Waals surface area contributed by atoms with Gasteiger partial charge in [-0.1, -0.05) is 270 Å². The van der Waals surface area contributed by atoms with E-state index in [0.29, 0.717) is 17.4 Å². The second kappa shape index (κ2) is 52.6. The van der Waals surface area contributed by atoms with Crippen LogP contribution in [0, 0.1) is 0 Å². The van der Waals surface area contributed by atoms with E-state index >= 15 is 0 Å². The molecule has 0 aromatic carbocycles. The Kier molecular flexibility index (Phi) is 51.7. The van der Waals surface area contributed by atoms with E-state index in [1.165, 1.54) is 225 Å². The molecule has 70 heavy (non-hydrogen) atoms. The Balaban J connectivity index is 3.97. The van der Waals surface area contributed by atoms with Gasteiger partial charge in [-0.3, -0.25) is 14.2 Å². The highest BCUT2D eigenvalue weighted by molar-refractivity contribution is 7.45. The zero-order valence-electron chi connectivity index (χ0n) is 47.2. The maximum absolute atomic E-state index is 12.7. The third-order valence-corrected chi connectivity index (χ3v) is 14.7. The molecule has 0 heterocycles. The van der Waals surface area contributed by atoms with Gasteiger partial charge >= 0.3 is 11.9 Å². The fraction of sp³-hybridized carbons (Fsp3) is 0.933. The number of carbonyl (C=O) groups is 2. The number of hydrogen-bond acceptors (Lipinski definition) is 8. The highest BCUT2D eigenvalue weighted by atomic mass is 31.2. The van der Waals surface area contributed by atoms with Crippen LogP contribution in [0.5, 0.6) is 0 Å². The average molecular weight is 1010 g/mol. The first-order valence-electron chi connectivity index (χ1n) is 30.4. The molecule has 0 rings (SSSR count). The molecular formula is C60H118NO8P. The van der Waals surface area contributed by atoms with Crippen LogP contribution >= 0.6 is 7.82 Å². The number of phosphoric ester groups is 1. The van der Waals surface area contributed by atoms with E-state index in [1.807, 2.05) is 21.1 Å².